The molecule has 4 N–H and O–H groups in total. The number of hydrogen-bond acceptors (Lipinski definition) is 5. The Hall–Kier alpha value is -2.29. The Morgan fingerprint density at radius 3 is 2.56 bits per heavy atom. The molecule has 0 aliphatic carbocycles. The second-order valence-corrected chi connectivity index (χ2v) is 3.31. The van der Waals surface area contributed by atoms with Crippen molar-refractivity contribution in [3.05, 3.63) is 33.9 Å². The number of hydrogen-bond donors (Lipinski definition) is 2. The van der Waals surface area contributed by atoms with E-state index in [0.29, 0.717) is 12.1 Å². The first-order valence-electron chi connectivity index (χ1n) is 4.64. The molecule has 0 radical (unpaired) electrons. The molecular formula is C9H9F2N3O4. The highest BCUT2D eigenvalue weighted by atomic mass is 19.1. The van der Waals surface area contributed by atoms with Gasteiger partial charge in [-0.3, -0.25) is 14.9 Å². The summed E-state index contributed by atoms with van der Waals surface area (Å²) in [4.78, 5) is 19.8. The van der Waals surface area contributed by atoms with E-state index in [9.17, 15) is 23.7 Å². The average Bonchev–Trinajstić information content (AvgIpc) is 2.28. The van der Waals surface area contributed by atoms with E-state index in [1.807, 2.05) is 0 Å². The highest BCUT2D eigenvalue weighted by Crippen LogP contribution is 2.26. The molecular weight excluding hydrogens is 252 g/mol. The lowest BCUT2D eigenvalue weighted by atomic mass is 10.2. The van der Waals surface area contributed by atoms with Gasteiger partial charge in [-0.05, 0) is 0 Å². The smallest absolute Gasteiger partial charge is 0.307 e. The summed E-state index contributed by atoms with van der Waals surface area (Å²) < 4.78 is 31.2. The highest BCUT2D eigenvalue weighted by Gasteiger charge is 2.20. The SMILES string of the molecule is NC(=O)C(N)COc1cc(F)c([N+](=O)[O-])cc1F. The minimum Gasteiger partial charge on any atom is -0.488 e. The van der Waals surface area contributed by atoms with Gasteiger partial charge in [0, 0.05) is 6.07 Å². The third-order valence-electron chi connectivity index (χ3n) is 1.98. The van der Waals surface area contributed by atoms with Gasteiger partial charge < -0.3 is 16.2 Å². The lowest BCUT2D eigenvalue weighted by Gasteiger charge is -2.10. The zero-order chi connectivity index (χ0) is 13.9. The normalized spacial score (nSPS) is 11.9. The minimum absolute atomic E-state index is 0.375. The fourth-order valence-corrected chi connectivity index (χ4v) is 1.03. The van der Waals surface area contributed by atoms with Crippen molar-refractivity contribution in [1.29, 1.82) is 0 Å². The summed E-state index contributed by atoms with van der Waals surface area (Å²) in [7, 11) is 0. The molecule has 1 amide bonds. The van der Waals surface area contributed by atoms with Crippen molar-refractivity contribution in [3.8, 4) is 5.75 Å². The molecule has 0 saturated carbocycles. The van der Waals surface area contributed by atoms with Crippen LogP contribution in [0, 0.1) is 21.7 Å². The molecule has 1 aromatic rings. The zero-order valence-corrected chi connectivity index (χ0v) is 8.93. The van der Waals surface area contributed by atoms with Crippen molar-refractivity contribution in [2.24, 2.45) is 11.5 Å². The van der Waals surface area contributed by atoms with Gasteiger partial charge in [0.2, 0.25) is 11.7 Å². The number of primary amides is 1. The van der Waals surface area contributed by atoms with Crippen LogP contribution in [0.25, 0.3) is 0 Å². The maximum atomic E-state index is 13.3. The van der Waals surface area contributed by atoms with Crippen LogP contribution < -0.4 is 16.2 Å². The van der Waals surface area contributed by atoms with Crippen LogP contribution in [0.3, 0.4) is 0 Å². The van der Waals surface area contributed by atoms with Crippen molar-refractivity contribution in [2.45, 2.75) is 6.04 Å². The second-order valence-electron chi connectivity index (χ2n) is 3.31. The van der Waals surface area contributed by atoms with E-state index in [-0.39, 0.29) is 0 Å². The number of carbonyl (C=O) groups is 1. The van der Waals surface area contributed by atoms with Crippen molar-refractivity contribution in [3.63, 3.8) is 0 Å². The van der Waals surface area contributed by atoms with Gasteiger partial charge >= 0.3 is 5.69 Å². The number of nitrogens with two attached hydrogens (primary N) is 2. The average molecular weight is 261 g/mol. The summed E-state index contributed by atoms with van der Waals surface area (Å²) in [6.45, 7) is -0.469. The first-order valence-corrected chi connectivity index (χ1v) is 4.64. The first kappa shape index (κ1) is 13.8. The van der Waals surface area contributed by atoms with Gasteiger partial charge in [-0.25, -0.2) is 4.39 Å². The van der Waals surface area contributed by atoms with Gasteiger partial charge in [0.25, 0.3) is 0 Å². The van der Waals surface area contributed by atoms with E-state index in [2.05, 4.69) is 0 Å². The lowest BCUT2D eigenvalue weighted by molar-refractivity contribution is -0.387. The number of nitro groups is 1. The standard InChI is InChI=1S/C9H9F2N3O4/c10-4-2-8(18-3-6(12)9(13)15)5(11)1-7(4)14(16)17/h1-2,6H,3,12H2,(H2,13,15). The molecule has 0 aromatic heterocycles. The predicted octanol–water partition coefficient (Wildman–Crippen LogP) is 0.0644. The predicted molar refractivity (Wildman–Crippen MR) is 55.7 cm³/mol. The lowest BCUT2D eigenvalue weighted by Crippen LogP contribution is -2.41. The maximum absolute atomic E-state index is 13.3. The Balaban J connectivity index is 2.88. The molecule has 1 unspecified atom stereocenters. The largest absolute Gasteiger partial charge is 0.488 e. The van der Waals surface area contributed by atoms with Crippen molar-refractivity contribution in [2.75, 3.05) is 6.61 Å². The van der Waals surface area contributed by atoms with Crippen molar-refractivity contribution >= 4 is 11.6 Å². The molecule has 7 nitrogen and oxygen atoms in total. The van der Waals surface area contributed by atoms with Gasteiger partial charge in [-0.1, -0.05) is 0 Å². The summed E-state index contributed by atoms with van der Waals surface area (Å²) in [6, 6.07) is -0.315. The van der Waals surface area contributed by atoms with E-state index in [1.165, 1.54) is 0 Å². The van der Waals surface area contributed by atoms with E-state index in [0.717, 1.165) is 0 Å². The molecule has 1 rings (SSSR count). The van der Waals surface area contributed by atoms with Crippen LogP contribution in [0.4, 0.5) is 14.5 Å². The summed E-state index contributed by atoms with van der Waals surface area (Å²) >= 11 is 0. The molecule has 0 aliphatic heterocycles. The van der Waals surface area contributed by atoms with Crippen LogP contribution in [0.1, 0.15) is 0 Å². The number of halogens is 2. The third kappa shape index (κ3) is 3.10. The van der Waals surface area contributed by atoms with E-state index in [1.54, 1.807) is 0 Å². The van der Waals surface area contributed by atoms with E-state index < -0.39 is 46.6 Å². The van der Waals surface area contributed by atoms with Crippen molar-refractivity contribution < 1.29 is 23.2 Å². The van der Waals surface area contributed by atoms with Crippen LogP contribution in [-0.2, 0) is 4.79 Å². The summed E-state index contributed by atoms with van der Waals surface area (Å²) in [5.41, 5.74) is 9.02. The fraction of sp³-hybridized carbons (Fsp3) is 0.222. The number of carbonyl (C=O) groups excluding carboxylic acids is 1. The Kier molecular flexibility index (Phi) is 4.10. The number of benzene rings is 1. The molecule has 1 aromatic carbocycles. The first-order chi connectivity index (χ1) is 8.32. The summed E-state index contributed by atoms with van der Waals surface area (Å²) in [5, 5.41) is 10.3. The number of amides is 1. The van der Waals surface area contributed by atoms with Crippen LogP contribution >= 0.6 is 0 Å². The highest BCUT2D eigenvalue weighted by molar-refractivity contribution is 5.79. The quantitative estimate of drug-likeness (QED) is 0.573. The Labute approximate surface area is 99.5 Å². The van der Waals surface area contributed by atoms with Crippen LogP contribution in [0.2, 0.25) is 0 Å². The van der Waals surface area contributed by atoms with Crippen LogP contribution in [-0.4, -0.2) is 23.5 Å². The van der Waals surface area contributed by atoms with E-state index in [4.69, 9.17) is 16.2 Å². The molecule has 0 spiro atoms. The number of nitro benzene ring substituents is 1. The molecule has 0 bridgehead atoms. The third-order valence-corrected chi connectivity index (χ3v) is 1.98. The van der Waals surface area contributed by atoms with Crippen LogP contribution in [0.5, 0.6) is 5.75 Å². The molecule has 1 atom stereocenters. The Morgan fingerprint density at radius 1 is 1.44 bits per heavy atom. The molecule has 98 valence electrons. The van der Waals surface area contributed by atoms with Crippen LogP contribution in [0.15, 0.2) is 12.1 Å². The molecule has 0 saturated heterocycles. The molecule has 0 fully saturated rings. The Morgan fingerprint density at radius 2 is 2.06 bits per heavy atom. The molecule has 18 heavy (non-hydrogen) atoms. The monoisotopic (exact) mass is 261 g/mol. The fourth-order valence-electron chi connectivity index (χ4n) is 1.03. The summed E-state index contributed by atoms with van der Waals surface area (Å²) in [6.07, 6.45) is 0. The number of ether oxygens (including phenoxy) is 1. The topological polar surface area (TPSA) is 121 Å². The molecule has 9 heteroatoms. The maximum Gasteiger partial charge on any atom is 0.307 e. The van der Waals surface area contributed by atoms with Gasteiger partial charge in [0.15, 0.2) is 11.6 Å². The van der Waals surface area contributed by atoms with Gasteiger partial charge in [-0.15, -0.1) is 0 Å². The van der Waals surface area contributed by atoms with Gasteiger partial charge in [0.05, 0.1) is 11.0 Å². The second kappa shape index (κ2) is 5.36. The zero-order valence-electron chi connectivity index (χ0n) is 8.93. The number of rotatable bonds is 5. The van der Waals surface area contributed by atoms with Gasteiger partial charge in [-0.2, -0.15) is 4.39 Å². The minimum atomic E-state index is -1.26. The Bertz CT molecular complexity index is 495. The molecule has 0 heterocycles. The number of nitrogens with zero attached hydrogens (tertiary/aromatic N) is 1. The summed E-state index contributed by atoms with van der Waals surface area (Å²) in [5.74, 6) is -3.86. The molecule has 0 aliphatic rings. The van der Waals surface area contributed by atoms with E-state index >= 15 is 0 Å². The van der Waals surface area contributed by atoms with Gasteiger partial charge in [0.1, 0.15) is 12.6 Å². The van der Waals surface area contributed by atoms with Crippen molar-refractivity contribution in [1.82, 2.24) is 0 Å².